The lowest BCUT2D eigenvalue weighted by molar-refractivity contribution is 0.0706. The van der Waals surface area contributed by atoms with Crippen molar-refractivity contribution in [2.24, 2.45) is 0 Å². The molecule has 1 aliphatic rings. The van der Waals surface area contributed by atoms with Gasteiger partial charge in [-0.3, -0.25) is 4.79 Å². The molecule has 7 heteroatoms. The Labute approximate surface area is 139 Å². The molecule has 1 aliphatic heterocycles. The van der Waals surface area contributed by atoms with Crippen molar-refractivity contribution in [3.63, 3.8) is 0 Å². The second-order valence-corrected chi connectivity index (χ2v) is 6.07. The van der Waals surface area contributed by atoms with E-state index in [9.17, 15) is 4.79 Å². The van der Waals surface area contributed by atoms with Gasteiger partial charge < -0.3 is 10.1 Å². The van der Waals surface area contributed by atoms with Gasteiger partial charge in [-0.25, -0.2) is 9.67 Å². The molecule has 122 valence electrons. The number of aromatic nitrogens is 3. The van der Waals surface area contributed by atoms with Crippen LogP contribution in [0.15, 0.2) is 24.3 Å². The van der Waals surface area contributed by atoms with Gasteiger partial charge >= 0.3 is 0 Å². The Morgan fingerprint density at radius 1 is 1.48 bits per heavy atom. The molecule has 0 saturated carbocycles. The van der Waals surface area contributed by atoms with E-state index in [1.807, 2.05) is 25.1 Å². The monoisotopic (exact) mass is 334 g/mol. The minimum absolute atomic E-state index is 0.0608. The first-order chi connectivity index (χ1) is 11.1. The molecule has 3 rings (SSSR count). The summed E-state index contributed by atoms with van der Waals surface area (Å²) >= 11 is 6.18. The third kappa shape index (κ3) is 3.38. The molecular weight excluding hydrogens is 316 g/mol. The van der Waals surface area contributed by atoms with Gasteiger partial charge in [-0.15, -0.1) is 5.10 Å². The standard InChI is InChI=1S/C16H19ClN4O2/c1-10(14-8-5-9-23-14)18-16(22)15-19-11(2)21(20-15)13-7-4-3-6-12(13)17/h3-4,6-7,10,14H,5,8-9H2,1-2H3,(H,18,22)/t10-,14-/m1/s1. The maximum atomic E-state index is 12.4. The van der Waals surface area contributed by atoms with Crippen molar-refractivity contribution in [2.45, 2.75) is 38.8 Å². The van der Waals surface area contributed by atoms with Crippen LogP contribution in [-0.4, -0.2) is 39.4 Å². The Balaban J connectivity index is 1.77. The summed E-state index contributed by atoms with van der Waals surface area (Å²) in [6, 6.07) is 7.24. The maximum Gasteiger partial charge on any atom is 0.291 e. The lowest BCUT2D eigenvalue weighted by atomic mass is 10.1. The molecule has 0 spiro atoms. The second kappa shape index (κ2) is 6.68. The SMILES string of the molecule is Cc1nc(C(=O)N[C@H](C)[C@H]2CCCO2)nn1-c1ccccc1Cl. The Morgan fingerprint density at radius 2 is 2.26 bits per heavy atom. The van der Waals surface area contributed by atoms with Crippen molar-refractivity contribution in [2.75, 3.05) is 6.61 Å². The van der Waals surface area contributed by atoms with Crippen molar-refractivity contribution in [3.8, 4) is 5.69 Å². The van der Waals surface area contributed by atoms with Crippen LogP contribution in [0.5, 0.6) is 0 Å². The van der Waals surface area contributed by atoms with Gasteiger partial charge in [0.15, 0.2) is 0 Å². The number of amides is 1. The number of hydrogen-bond donors (Lipinski definition) is 1. The van der Waals surface area contributed by atoms with E-state index in [1.54, 1.807) is 17.7 Å². The van der Waals surface area contributed by atoms with E-state index in [0.717, 1.165) is 19.4 Å². The van der Waals surface area contributed by atoms with Crippen molar-refractivity contribution in [3.05, 3.63) is 40.9 Å². The van der Waals surface area contributed by atoms with E-state index in [2.05, 4.69) is 15.4 Å². The molecule has 2 heterocycles. The molecular formula is C16H19ClN4O2. The normalized spacial score (nSPS) is 18.8. The molecule has 2 atom stereocenters. The van der Waals surface area contributed by atoms with Gasteiger partial charge in [0, 0.05) is 6.61 Å². The Morgan fingerprint density at radius 3 is 2.96 bits per heavy atom. The summed E-state index contributed by atoms with van der Waals surface area (Å²) in [4.78, 5) is 16.6. The van der Waals surface area contributed by atoms with Gasteiger partial charge in [0.1, 0.15) is 5.82 Å². The van der Waals surface area contributed by atoms with E-state index >= 15 is 0 Å². The Kier molecular flexibility index (Phi) is 4.63. The quantitative estimate of drug-likeness (QED) is 0.932. The lowest BCUT2D eigenvalue weighted by Crippen LogP contribution is -2.41. The van der Waals surface area contributed by atoms with Crippen molar-refractivity contribution in [1.82, 2.24) is 20.1 Å². The number of hydrogen-bond acceptors (Lipinski definition) is 4. The van der Waals surface area contributed by atoms with Crippen LogP contribution in [0.4, 0.5) is 0 Å². The van der Waals surface area contributed by atoms with Crippen LogP contribution in [0.25, 0.3) is 5.69 Å². The molecule has 1 aromatic carbocycles. The lowest BCUT2D eigenvalue weighted by Gasteiger charge is -2.18. The number of carbonyl (C=O) groups excluding carboxylic acids is 1. The second-order valence-electron chi connectivity index (χ2n) is 5.66. The van der Waals surface area contributed by atoms with Crippen LogP contribution in [0.2, 0.25) is 5.02 Å². The van der Waals surface area contributed by atoms with Gasteiger partial charge in [0.05, 0.1) is 22.9 Å². The van der Waals surface area contributed by atoms with Gasteiger partial charge in [-0.1, -0.05) is 23.7 Å². The smallest absolute Gasteiger partial charge is 0.291 e. The minimum Gasteiger partial charge on any atom is -0.376 e. The number of halogens is 1. The highest BCUT2D eigenvalue weighted by atomic mass is 35.5. The number of benzene rings is 1. The summed E-state index contributed by atoms with van der Waals surface area (Å²) in [5.74, 6) is 0.433. The molecule has 1 fully saturated rings. The third-order valence-electron chi connectivity index (χ3n) is 3.93. The van der Waals surface area contributed by atoms with Gasteiger partial charge in [-0.2, -0.15) is 0 Å². The number of nitrogens with zero attached hydrogens (tertiary/aromatic N) is 3. The van der Waals surface area contributed by atoms with E-state index in [4.69, 9.17) is 16.3 Å². The van der Waals surface area contributed by atoms with E-state index < -0.39 is 0 Å². The molecule has 1 amide bonds. The van der Waals surface area contributed by atoms with Gasteiger partial charge in [0.2, 0.25) is 5.82 Å². The maximum absolute atomic E-state index is 12.4. The van der Waals surface area contributed by atoms with Crippen LogP contribution < -0.4 is 5.32 Å². The van der Waals surface area contributed by atoms with E-state index in [-0.39, 0.29) is 23.9 Å². The van der Waals surface area contributed by atoms with Crippen LogP contribution >= 0.6 is 11.6 Å². The summed E-state index contributed by atoms with van der Waals surface area (Å²) < 4.78 is 7.16. The predicted molar refractivity (Wildman–Crippen MR) is 87.0 cm³/mol. The first kappa shape index (κ1) is 16.0. The largest absolute Gasteiger partial charge is 0.376 e. The van der Waals surface area contributed by atoms with Gasteiger partial charge in [-0.05, 0) is 38.8 Å². The average molecular weight is 335 g/mol. The molecule has 0 unspecified atom stereocenters. The zero-order valence-electron chi connectivity index (χ0n) is 13.1. The average Bonchev–Trinajstić information content (AvgIpc) is 3.17. The molecule has 1 saturated heterocycles. The summed E-state index contributed by atoms with van der Waals surface area (Å²) in [5, 5.41) is 7.75. The Bertz CT molecular complexity index is 710. The van der Waals surface area contributed by atoms with Crippen LogP contribution in [0.3, 0.4) is 0 Å². The fourth-order valence-corrected chi connectivity index (χ4v) is 2.91. The first-order valence-electron chi connectivity index (χ1n) is 7.67. The van der Waals surface area contributed by atoms with Crippen molar-refractivity contribution >= 4 is 17.5 Å². The van der Waals surface area contributed by atoms with Gasteiger partial charge in [0.25, 0.3) is 5.91 Å². The minimum atomic E-state index is -0.304. The van der Waals surface area contributed by atoms with Crippen LogP contribution in [-0.2, 0) is 4.74 Å². The zero-order valence-corrected chi connectivity index (χ0v) is 13.9. The third-order valence-corrected chi connectivity index (χ3v) is 4.25. The van der Waals surface area contributed by atoms with E-state index in [1.165, 1.54) is 0 Å². The summed E-state index contributed by atoms with van der Waals surface area (Å²) in [6.45, 7) is 4.48. The molecule has 0 bridgehead atoms. The van der Waals surface area contributed by atoms with Crippen LogP contribution in [0.1, 0.15) is 36.2 Å². The molecule has 23 heavy (non-hydrogen) atoms. The molecule has 1 aromatic heterocycles. The summed E-state index contributed by atoms with van der Waals surface area (Å²) in [6.07, 6.45) is 2.05. The fourth-order valence-electron chi connectivity index (χ4n) is 2.70. The summed E-state index contributed by atoms with van der Waals surface area (Å²) in [7, 11) is 0. The number of ether oxygens (including phenoxy) is 1. The van der Waals surface area contributed by atoms with Crippen molar-refractivity contribution < 1.29 is 9.53 Å². The number of para-hydroxylation sites is 1. The first-order valence-corrected chi connectivity index (χ1v) is 8.05. The van der Waals surface area contributed by atoms with Crippen LogP contribution in [0, 0.1) is 6.92 Å². The zero-order chi connectivity index (χ0) is 16.4. The molecule has 2 aromatic rings. The highest BCUT2D eigenvalue weighted by Crippen LogP contribution is 2.20. The molecule has 0 radical (unpaired) electrons. The predicted octanol–water partition coefficient (Wildman–Crippen LogP) is 2.53. The number of nitrogens with one attached hydrogen (secondary N) is 1. The topological polar surface area (TPSA) is 69.0 Å². The van der Waals surface area contributed by atoms with Crippen molar-refractivity contribution in [1.29, 1.82) is 0 Å². The molecule has 0 aliphatic carbocycles. The highest BCUT2D eigenvalue weighted by molar-refractivity contribution is 6.32. The number of rotatable bonds is 4. The molecule has 1 N–H and O–H groups in total. The summed E-state index contributed by atoms with van der Waals surface area (Å²) in [5.41, 5.74) is 0.699. The fraction of sp³-hybridized carbons (Fsp3) is 0.438. The van der Waals surface area contributed by atoms with E-state index in [0.29, 0.717) is 16.5 Å². The number of carbonyl (C=O) groups is 1. The molecule has 6 nitrogen and oxygen atoms in total. The Hall–Kier alpha value is -1.92. The number of aryl methyl sites for hydroxylation is 1. The highest BCUT2D eigenvalue weighted by Gasteiger charge is 2.25.